The molecule has 0 spiro atoms. The smallest absolute Gasteiger partial charge is 0.335 e. The predicted octanol–water partition coefficient (Wildman–Crippen LogP) is 2.53. The van der Waals surface area contributed by atoms with Gasteiger partial charge in [-0.3, -0.25) is 0 Å². The van der Waals surface area contributed by atoms with Gasteiger partial charge in [0.1, 0.15) is 0 Å². The highest BCUT2D eigenvalue weighted by Crippen LogP contribution is 2.26. The molecule has 0 saturated heterocycles. The number of rotatable bonds is 6. The topological polar surface area (TPSA) is 75.3 Å². The van der Waals surface area contributed by atoms with Crippen LogP contribution in [0.4, 0.5) is 0 Å². The van der Waals surface area contributed by atoms with Crippen LogP contribution in [-0.2, 0) is 6.54 Å². The first-order valence-electron chi connectivity index (χ1n) is 6.72. The number of carboxylic acids is 1. The van der Waals surface area contributed by atoms with Crippen molar-refractivity contribution in [3.8, 4) is 0 Å². The van der Waals surface area contributed by atoms with E-state index in [1.807, 2.05) is 4.57 Å². The van der Waals surface area contributed by atoms with Crippen LogP contribution in [0.3, 0.4) is 0 Å². The molecular weight excluding hydrogens is 256 g/mol. The van der Waals surface area contributed by atoms with Gasteiger partial charge < -0.3 is 14.8 Å². The molecule has 0 amide bonds. The van der Waals surface area contributed by atoms with Crippen LogP contribution in [-0.4, -0.2) is 32.3 Å². The quantitative estimate of drug-likeness (QED) is 0.850. The van der Waals surface area contributed by atoms with E-state index in [0.29, 0.717) is 5.52 Å². The lowest BCUT2D eigenvalue weighted by Crippen LogP contribution is -2.19. The zero-order valence-electron chi connectivity index (χ0n) is 11.8. The Balaban J connectivity index is 2.25. The van der Waals surface area contributed by atoms with E-state index in [2.05, 4.69) is 18.8 Å². The Morgan fingerprint density at radius 2 is 2.15 bits per heavy atom. The van der Waals surface area contributed by atoms with Gasteiger partial charge in [-0.2, -0.15) is 0 Å². The number of hydrogen-bond acceptors (Lipinski definition) is 3. The summed E-state index contributed by atoms with van der Waals surface area (Å²) < 4.78 is 2.04. The van der Waals surface area contributed by atoms with Gasteiger partial charge in [0, 0.05) is 13.2 Å². The summed E-state index contributed by atoms with van der Waals surface area (Å²) in [7, 11) is 0. The van der Waals surface area contributed by atoms with Gasteiger partial charge in [-0.15, -0.1) is 0 Å². The molecule has 2 rings (SSSR count). The van der Waals surface area contributed by atoms with E-state index in [0.717, 1.165) is 24.9 Å². The predicted molar refractivity (Wildman–Crippen MR) is 76.8 cm³/mol. The molecule has 0 bridgehead atoms. The van der Waals surface area contributed by atoms with E-state index >= 15 is 0 Å². The fourth-order valence-electron chi connectivity index (χ4n) is 2.42. The third-order valence-corrected chi connectivity index (χ3v) is 3.48. The Labute approximate surface area is 117 Å². The number of nitrogens with zero attached hydrogens (tertiary/aromatic N) is 2. The molecule has 0 aliphatic heterocycles. The molecule has 5 heteroatoms. The molecule has 1 aromatic carbocycles. The molecule has 0 radical (unpaired) electrons. The van der Waals surface area contributed by atoms with Gasteiger partial charge in [-0.25, -0.2) is 9.78 Å². The van der Waals surface area contributed by atoms with Crippen LogP contribution in [0.25, 0.3) is 11.0 Å². The van der Waals surface area contributed by atoms with E-state index in [-0.39, 0.29) is 17.6 Å². The first-order valence-corrected chi connectivity index (χ1v) is 6.72. The molecule has 0 aliphatic rings. The lowest BCUT2D eigenvalue weighted by Gasteiger charge is -2.25. The third-order valence-electron chi connectivity index (χ3n) is 3.48. The molecule has 1 aromatic heterocycles. The van der Waals surface area contributed by atoms with Crippen LogP contribution in [0, 0.1) is 5.41 Å². The largest absolute Gasteiger partial charge is 0.478 e. The van der Waals surface area contributed by atoms with Crippen LogP contribution in [0.2, 0.25) is 0 Å². The average Bonchev–Trinajstić information content (AvgIpc) is 2.78. The van der Waals surface area contributed by atoms with Gasteiger partial charge in [-0.1, -0.05) is 13.8 Å². The van der Waals surface area contributed by atoms with Gasteiger partial charge >= 0.3 is 5.97 Å². The van der Waals surface area contributed by atoms with Gasteiger partial charge in [0.15, 0.2) is 0 Å². The first kappa shape index (κ1) is 14.5. The Morgan fingerprint density at radius 1 is 1.40 bits per heavy atom. The lowest BCUT2D eigenvalue weighted by molar-refractivity contribution is 0.0697. The molecule has 2 N–H and O–H groups in total. The molecule has 108 valence electrons. The van der Waals surface area contributed by atoms with Crippen molar-refractivity contribution in [2.45, 2.75) is 33.2 Å². The third kappa shape index (κ3) is 3.17. The molecule has 0 unspecified atom stereocenters. The standard InChI is InChI=1S/C15H20N2O3/c1-15(2,6-3-7-18)9-17-10-16-12-8-11(14(19)20)4-5-13(12)17/h4-5,8,10,18H,3,6-7,9H2,1-2H3,(H,19,20). The van der Waals surface area contributed by atoms with Gasteiger partial charge in [0.2, 0.25) is 0 Å². The second-order valence-electron chi connectivity index (χ2n) is 5.87. The molecule has 5 nitrogen and oxygen atoms in total. The number of benzene rings is 1. The lowest BCUT2D eigenvalue weighted by atomic mass is 9.88. The van der Waals surface area contributed by atoms with Crippen molar-refractivity contribution in [1.29, 1.82) is 0 Å². The van der Waals surface area contributed by atoms with Crippen molar-refractivity contribution in [2.24, 2.45) is 5.41 Å². The monoisotopic (exact) mass is 276 g/mol. The van der Waals surface area contributed by atoms with E-state index in [1.54, 1.807) is 24.5 Å². The maximum absolute atomic E-state index is 10.9. The number of aliphatic hydroxyl groups excluding tert-OH is 1. The molecule has 1 heterocycles. The van der Waals surface area contributed by atoms with Crippen molar-refractivity contribution >= 4 is 17.0 Å². The van der Waals surface area contributed by atoms with E-state index in [1.165, 1.54) is 0 Å². The second-order valence-corrected chi connectivity index (χ2v) is 5.87. The van der Waals surface area contributed by atoms with Gasteiger partial charge in [0.05, 0.1) is 22.9 Å². The first-order chi connectivity index (χ1) is 9.43. The van der Waals surface area contributed by atoms with Crippen LogP contribution in [0.1, 0.15) is 37.0 Å². The summed E-state index contributed by atoms with van der Waals surface area (Å²) in [6.07, 6.45) is 3.45. The summed E-state index contributed by atoms with van der Waals surface area (Å²) in [5.41, 5.74) is 1.94. The highest BCUT2D eigenvalue weighted by atomic mass is 16.4. The van der Waals surface area contributed by atoms with Crippen molar-refractivity contribution in [2.75, 3.05) is 6.61 Å². The molecular formula is C15H20N2O3. The number of imidazole rings is 1. The summed E-state index contributed by atoms with van der Waals surface area (Å²) in [6.45, 7) is 5.30. The molecule has 20 heavy (non-hydrogen) atoms. The molecule has 0 fully saturated rings. The Bertz CT molecular complexity index is 617. The van der Waals surface area contributed by atoms with Crippen molar-refractivity contribution in [1.82, 2.24) is 9.55 Å². The van der Waals surface area contributed by atoms with Crippen LogP contribution >= 0.6 is 0 Å². The Morgan fingerprint density at radius 3 is 2.80 bits per heavy atom. The van der Waals surface area contributed by atoms with Crippen molar-refractivity contribution in [3.63, 3.8) is 0 Å². The maximum atomic E-state index is 10.9. The Hall–Kier alpha value is -1.88. The van der Waals surface area contributed by atoms with Crippen LogP contribution in [0.15, 0.2) is 24.5 Å². The summed E-state index contributed by atoms with van der Waals surface area (Å²) in [6, 6.07) is 4.99. The fraction of sp³-hybridized carbons (Fsp3) is 0.467. The minimum Gasteiger partial charge on any atom is -0.478 e. The van der Waals surface area contributed by atoms with E-state index < -0.39 is 5.97 Å². The number of aromatic nitrogens is 2. The molecule has 0 aliphatic carbocycles. The molecule has 0 atom stereocenters. The van der Waals surface area contributed by atoms with Crippen LogP contribution in [0.5, 0.6) is 0 Å². The number of fused-ring (bicyclic) bond motifs is 1. The summed E-state index contributed by atoms with van der Waals surface area (Å²) >= 11 is 0. The van der Waals surface area contributed by atoms with Crippen molar-refractivity contribution in [3.05, 3.63) is 30.1 Å². The minimum atomic E-state index is -0.940. The van der Waals surface area contributed by atoms with E-state index in [9.17, 15) is 4.79 Å². The molecule has 0 saturated carbocycles. The number of aromatic carboxylic acids is 1. The number of carbonyl (C=O) groups is 1. The summed E-state index contributed by atoms with van der Waals surface area (Å²) in [5, 5.41) is 17.9. The average molecular weight is 276 g/mol. The molecule has 2 aromatic rings. The summed E-state index contributed by atoms with van der Waals surface area (Å²) in [5.74, 6) is -0.940. The zero-order chi connectivity index (χ0) is 14.8. The zero-order valence-corrected chi connectivity index (χ0v) is 11.8. The van der Waals surface area contributed by atoms with E-state index in [4.69, 9.17) is 10.2 Å². The highest BCUT2D eigenvalue weighted by Gasteiger charge is 2.19. The second kappa shape index (κ2) is 5.63. The maximum Gasteiger partial charge on any atom is 0.335 e. The highest BCUT2D eigenvalue weighted by molar-refractivity contribution is 5.92. The fourth-order valence-corrected chi connectivity index (χ4v) is 2.42. The number of hydrogen-bond donors (Lipinski definition) is 2. The normalized spacial score (nSPS) is 11.9. The number of carboxylic acid groups (broad SMARTS) is 1. The van der Waals surface area contributed by atoms with Gasteiger partial charge in [0.25, 0.3) is 0 Å². The van der Waals surface area contributed by atoms with Crippen LogP contribution < -0.4 is 0 Å². The SMILES string of the molecule is CC(C)(CCCO)Cn1cnc2cc(C(=O)O)ccc21. The minimum absolute atomic E-state index is 0.0574. The summed E-state index contributed by atoms with van der Waals surface area (Å²) in [4.78, 5) is 15.2. The van der Waals surface area contributed by atoms with Crippen molar-refractivity contribution < 1.29 is 15.0 Å². The Kier molecular flexibility index (Phi) is 4.09. The number of aliphatic hydroxyl groups is 1. The van der Waals surface area contributed by atoms with Gasteiger partial charge in [-0.05, 0) is 36.5 Å².